The molecule has 86 valence electrons. The molecule has 0 saturated heterocycles. The number of pyridine rings is 1. The molecule has 0 radical (unpaired) electrons. The van der Waals surface area contributed by atoms with E-state index in [1.165, 1.54) is 6.92 Å². The largest absolute Gasteiger partial charge is 0.356 e. The number of carbonyl (C=O) groups is 2. The van der Waals surface area contributed by atoms with Crippen LogP contribution in [0.1, 0.15) is 23.8 Å². The second-order valence-corrected chi connectivity index (χ2v) is 3.31. The van der Waals surface area contributed by atoms with Gasteiger partial charge in [0, 0.05) is 26.2 Å². The molecule has 0 spiro atoms. The maximum absolute atomic E-state index is 11.5. The topological polar surface area (TPSA) is 71.1 Å². The van der Waals surface area contributed by atoms with Gasteiger partial charge in [0.1, 0.15) is 5.69 Å². The first kappa shape index (κ1) is 12.2. The van der Waals surface area contributed by atoms with Gasteiger partial charge in [0.25, 0.3) is 5.91 Å². The van der Waals surface area contributed by atoms with Crippen molar-refractivity contribution < 1.29 is 9.59 Å². The highest BCUT2D eigenvalue weighted by atomic mass is 16.2. The van der Waals surface area contributed by atoms with E-state index in [0.717, 1.165) is 0 Å². The lowest BCUT2D eigenvalue weighted by molar-refractivity contribution is -0.118. The van der Waals surface area contributed by atoms with Gasteiger partial charge in [-0.2, -0.15) is 0 Å². The van der Waals surface area contributed by atoms with Gasteiger partial charge in [0.05, 0.1) is 0 Å². The molecule has 0 fully saturated rings. The summed E-state index contributed by atoms with van der Waals surface area (Å²) in [4.78, 5) is 26.0. The van der Waals surface area contributed by atoms with Crippen molar-refractivity contribution in [1.29, 1.82) is 0 Å². The van der Waals surface area contributed by atoms with Crippen LogP contribution in [0.5, 0.6) is 0 Å². The lowest BCUT2D eigenvalue weighted by Gasteiger charge is -2.04. The van der Waals surface area contributed by atoms with E-state index >= 15 is 0 Å². The molecule has 1 heterocycles. The number of hydrogen-bond acceptors (Lipinski definition) is 3. The molecule has 1 aromatic heterocycles. The van der Waals surface area contributed by atoms with E-state index in [2.05, 4.69) is 15.6 Å². The third kappa shape index (κ3) is 4.54. The average molecular weight is 221 g/mol. The van der Waals surface area contributed by atoms with Gasteiger partial charge in [-0.15, -0.1) is 0 Å². The van der Waals surface area contributed by atoms with Crippen LogP contribution in [0.2, 0.25) is 0 Å². The first-order valence-electron chi connectivity index (χ1n) is 5.14. The van der Waals surface area contributed by atoms with Gasteiger partial charge in [-0.3, -0.25) is 14.6 Å². The van der Waals surface area contributed by atoms with Crippen molar-refractivity contribution in [2.75, 3.05) is 13.1 Å². The Balaban J connectivity index is 2.19. The van der Waals surface area contributed by atoms with E-state index in [1.807, 2.05) is 0 Å². The molecule has 5 heteroatoms. The van der Waals surface area contributed by atoms with Crippen LogP contribution >= 0.6 is 0 Å². The Bertz CT molecular complexity index is 352. The van der Waals surface area contributed by atoms with Gasteiger partial charge in [-0.1, -0.05) is 6.07 Å². The molecule has 0 saturated carbocycles. The second-order valence-electron chi connectivity index (χ2n) is 3.31. The molecule has 1 rings (SSSR count). The minimum Gasteiger partial charge on any atom is -0.356 e. The number of amides is 2. The summed E-state index contributed by atoms with van der Waals surface area (Å²) in [6.07, 6.45) is 2.28. The summed E-state index contributed by atoms with van der Waals surface area (Å²) in [5.41, 5.74) is 0.405. The fourth-order valence-electron chi connectivity index (χ4n) is 1.14. The quantitative estimate of drug-likeness (QED) is 0.704. The summed E-state index contributed by atoms with van der Waals surface area (Å²) >= 11 is 0. The Morgan fingerprint density at radius 3 is 2.62 bits per heavy atom. The van der Waals surface area contributed by atoms with Gasteiger partial charge in [-0.05, 0) is 18.6 Å². The lowest BCUT2D eigenvalue weighted by atomic mass is 10.3. The molecular formula is C11H15N3O2. The van der Waals surface area contributed by atoms with Crippen LogP contribution in [0.25, 0.3) is 0 Å². The number of nitrogens with one attached hydrogen (secondary N) is 2. The molecular weight excluding hydrogens is 206 g/mol. The standard InChI is InChI=1S/C11H15N3O2/c1-9(15)12-7-4-8-14-11(16)10-5-2-3-6-13-10/h2-3,5-6H,4,7-8H2,1H3,(H,12,15)(H,14,16). The zero-order valence-electron chi connectivity index (χ0n) is 9.19. The van der Waals surface area contributed by atoms with Crippen LogP contribution in [-0.4, -0.2) is 29.9 Å². The summed E-state index contributed by atoms with van der Waals surface area (Å²) in [5.74, 6) is -0.250. The number of aromatic nitrogens is 1. The molecule has 16 heavy (non-hydrogen) atoms. The normalized spacial score (nSPS) is 9.56. The first-order valence-corrected chi connectivity index (χ1v) is 5.14. The van der Waals surface area contributed by atoms with Crippen molar-refractivity contribution in [3.8, 4) is 0 Å². The van der Waals surface area contributed by atoms with Gasteiger partial charge in [0.2, 0.25) is 5.91 Å². The SMILES string of the molecule is CC(=O)NCCCNC(=O)c1ccccn1. The molecule has 5 nitrogen and oxygen atoms in total. The number of carbonyl (C=O) groups excluding carboxylic acids is 2. The fourth-order valence-corrected chi connectivity index (χ4v) is 1.14. The monoisotopic (exact) mass is 221 g/mol. The Morgan fingerprint density at radius 2 is 2.00 bits per heavy atom. The molecule has 2 amide bonds. The first-order chi connectivity index (χ1) is 7.70. The van der Waals surface area contributed by atoms with Crippen molar-refractivity contribution in [3.05, 3.63) is 30.1 Å². The van der Waals surface area contributed by atoms with Crippen LogP contribution < -0.4 is 10.6 Å². The predicted molar refractivity (Wildman–Crippen MR) is 59.9 cm³/mol. The average Bonchev–Trinajstić information content (AvgIpc) is 2.29. The van der Waals surface area contributed by atoms with Crippen molar-refractivity contribution in [1.82, 2.24) is 15.6 Å². The number of rotatable bonds is 5. The summed E-state index contributed by atoms with van der Waals surface area (Å²) < 4.78 is 0. The Morgan fingerprint density at radius 1 is 1.25 bits per heavy atom. The van der Waals surface area contributed by atoms with Gasteiger partial charge in [-0.25, -0.2) is 0 Å². The number of nitrogens with zero attached hydrogens (tertiary/aromatic N) is 1. The minimum absolute atomic E-state index is 0.0592. The molecule has 0 unspecified atom stereocenters. The van der Waals surface area contributed by atoms with E-state index in [1.54, 1.807) is 24.4 Å². The van der Waals surface area contributed by atoms with Gasteiger partial charge < -0.3 is 10.6 Å². The zero-order valence-corrected chi connectivity index (χ0v) is 9.19. The van der Waals surface area contributed by atoms with E-state index in [0.29, 0.717) is 25.2 Å². The highest BCUT2D eigenvalue weighted by Gasteiger charge is 2.04. The van der Waals surface area contributed by atoms with Crippen molar-refractivity contribution in [3.63, 3.8) is 0 Å². The Labute approximate surface area is 94.3 Å². The summed E-state index contributed by atoms with van der Waals surface area (Å²) in [7, 11) is 0. The highest BCUT2D eigenvalue weighted by Crippen LogP contribution is 1.92. The number of hydrogen-bond donors (Lipinski definition) is 2. The van der Waals surface area contributed by atoms with Crippen LogP contribution in [0, 0.1) is 0 Å². The van der Waals surface area contributed by atoms with Gasteiger partial charge in [0.15, 0.2) is 0 Å². The molecule has 0 aliphatic heterocycles. The van der Waals surface area contributed by atoms with Crippen LogP contribution in [-0.2, 0) is 4.79 Å². The Hall–Kier alpha value is -1.91. The Kier molecular flexibility index (Phi) is 4.98. The minimum atomic E-state index is -0.191. The van der Waals surface area contributed by atoms with Crippen LogP contribution in [0.3, 0.4) is 0 Å². The van der Waals surface area contributed by atoms with E-state index in [9.17, 15) is 9.59 Å². The zero-order chi connectivity index (χ0) is 11.8. The highest BCUT2D eigenvalue weighted by molar-refractivity contribution is 5.92. The molecule has 0 aromatic carbocycles. The smallest absolute Gasteiger partial charge is 0.269 e. The van der Waals surface area contributed by atoms with E-state index < -0.39 is 0 Å². The third-order valence-corrected chi connectivity index (χ3v) is 1.91. The summed E-state index contributed by atoms with van der Waals surface area (Å²) in [5, 5.41) is 5.37. The van der Waals surface area contributed by atoms with E-state index in [-0.39, 0.29) is 11.8 Å². The van der Waals surface area contributed by atoms with Crippen molar-refractivity contribution in [2.45, 2.75) is 13.3 Å². The van der Waals surface area contributed by atoms with Crippen LogP contribution in [0.4, 0.5) is 0 Å². The predicted octanol–water partition coefficient (Wildman–Crippen LogP) is 0.338. The maximum Gasteiger partial charge on any atom is 0.269 e. The molecule has 0 aliphatic carbocycles. The van der Waals surface area contributed by atoms with E-state index in [4.69, 9.17) is 0 Å². The fraction of sp³-hybridized carbons (Fsp3) is 0.364. The molecule has 2 N–H and O–H groups in total. The van der Waals surface area contributed by atoms with Crippen LogP contribution in [0.15, 0.2) is 24.4 Å². The summed E-state index contributed by atoms with van der Waals surface area (Å²) in [6.45, 7) is 2.56. The van der Waals surface area contributed by atoms with Crippen molar-refractivity contribution >= 4 is 11.8 Å². The summed E-state index contributed by atoms with van der Waals surface area (Å²) in [6, 6.07) is 5.18. The maximum atomic E-state index is 11.5. The third-order valence-electron chi connectivity index (χ3n) is 1.91. The second kappa shape index (κ2) is 6.55. The lowest BCUT2D eigenvalue weighted by Crippen LogP contribution is -2.29. The molecule has 0 aliphatic rings. The van der Waals surface area contributed by atoms with Gasteiger partial charge >= 0.3 is 0 Å². The molecule has 0 atom stereocenters. The van der Waals surface area contributed by atoms with Crippen molar-refractivity contribution in [2.24, 2.45) is 0 Å². The molecule has 0 bridgehead atoms. The molecule has 1 aromatic rings.